The standard InChI is InChI=1S/C24H30N2O3/c1-15(27)19-4-6-20(7-5-19)25-22(28)21-3-2-8-26(21)23(29)24-12-16-9-17(13-24)11-18(10-16)14-24/h4-7,16-18,21H,2-3,8-14H2,1H3,(H,25,28)/t16?,17?,18?,21-,24?/m1/s1. The molecule has 1 aliphatic heterocycles. The van der Waals surface area contributed by atoms with Gasteiger partial charge in [-0.1, -0.05) is 0 Å². The minimum absolute atomic E-state index is 0.00557. The lowest BCUT2D eigenvalue weighted by molar-refractivity contribution is -0.160. The molecule has 1 saturated heterocycles. The summed E-state index contributed by atoms with van der Waals surface area (Å²) in [5, 5.41) is 2.96. The third-order valence-corrected chi connectivity index (χ3v) is 7.87. The van der Waals surface area contributed by atoms with Crippen molar-refractivity contribution in [2.24, 2.45) is 23.2 Å². The second-order valence-corrected chi connectivity index (χ2v) is 9.98. The zero-order valence-electron chi connectivity index (χ0n) is 17.2. The van der Waals surface area contributed by atoms with Gasteiger partial charge in [-0.15, -0.1) is 0 Å². The number of amides is 2. The monoisotopic (exact) mass is 394 g/mol. The summed E-state index contributed by atoms with van der Waals surface area (Å²) in [5.41, 5.74) is 1.11. The molecule has 1 aromatic rings. The lowest BCUT2D eigenvalue weighted by Gasteiger charge is -2.56. The molecule has 0 radical (unpaired) electrons. The van der Waals surface area contributed by atoms with E-state index in [0.29, 0.717) is 17.8 Å². The van der Waals surface area contributed by atoms with Crippen LogP contribution < -0.4 is 5.32 Å². The zero-order valence-corrected chi connectivity index (χ0v) is 17.2. The molecule has 29 heavy (non-hydrogen) atoms. The maximum Gasteiger partial charge on any atom is 0.247 e. The number of nitrogens with one attached hydrogen (secondary N) is 1. The Kier molecular flexibility index (Phi) is 4.52. The average molecular weight is 395 g/mol. The summed E-state index contributed by atoms with van der Waals surface area (Å²) < 4.78 is 0. The molecule has 2 amide bonds. The van der Waals surface area contributed by atoms with Gasteiger partial charge in [-0.2, -0.15) is 0 Å². The first kappa shape index (κ1) is 18.8. The van der Waals surface area contributed by atoms with Crippen molar-refractivity contribution in [1.82, 2.24) is 4.90 Å². The van der Waals surface area contributed by atoms with Gasteiger partial charge in [-0.3, -0.25) is 14.4 Å². The van der Waals surface area contributed by atoms with Gasteiger partial charge in [-0.05, 0) is 100 Å². The van der Waals surface area contributed by atoms with Crippen LogP contribution in [0.5, 0.6) is 0 Å². The SMILES string of the molecule is CC(=O)c1ccc(NC(=O)[C@H]2CCCN2C(=O)C23CC4CC(CC(C4)C2)C3)cc1. The fraction of sp³-hybridized carbons (Fsp3) is 0.625. The minimum Gasteiger partial charge on any atom is -0.330 e. The number of hydrogen-bond acceptors (Lipinski definition) is 3. The Balaban J connectivity index is 1.30. The molecular weight excluding hydrogens is 364 g/mol. The van der Waals surface area contributed by atoms with E-state index >= 15 is 0 Å². The lowest BCUT2D eigenvalue weighted by atomic mass is 9.49. The Morgan fingerprint density at radius 1 is 0.966 bits per heavy atom. The van der Waals surface area contributed by atoms with Crippen LogP contribution in [0.1, 0.15) is 68.6 Å². The predicted octanol–water partition coefficient (Wildman–Crippen LogP) is 4.04. The van der Waals surface area contributed by atoms with Crippen LogP contribution in [0.15, 0.2) is 24.3 Å². The molecule has 6 rings (SSSR count). The van der Waals surface area contributed by atoms with E-state index in [9.17, 15) is 14.4 Å². The Bertz CT molecular complexity index is 809. The lowest BCUT2D eigenvalue weighted by Crippen LogP contribution is -2.56. The van der Waals surface area contributed by atoms with E-state index in [4.69, 9.17) is 0 Å². The van der Waals surface area contributed by atoms with Crippen LogP contribution in [0.3, 0.4) is 0 Å². The third kappa shape index (κ3) is 3.28. The van der Waals surface area contributed by atoms with Gasteiger partial charge in [0.05, 0.1) is 5.41 Å². The maximum atomic E-state index is 13.7. The minimum atomic E-state index is -0.372. The van der Waals surface area contributed by atoms with E-state index in [-0.39, 0.29) is 29.1 Å². The topological polar surface area (TPSA) is 66.5 Å². The molecule has 1 N–H and O–H groups in total. The van der Waals surface area contributed by atoms with Gasteiger partial charge in [0, 0.05) is 17.8 Å². The molecular formula is C24H30N2O3. The van der Waals surface area contributed by atoms with Gasteiger partial charge in [0.1, 0.15) is 6.04 Å². The van der Waals surface area contributed by atoms with Gasteiger partial charge in [0.25, 0.3) is 0 Å². The van der Waals surface area contributed by atoms with Crippen molar-refractivity contribution in [3.05, 3.63) is 29.8 Å². The van der Waals surface area contributed by atoms with Gasteiger partial charge in [0.15, 0.2) is 5.78 Å². The number of rotatable bonds is 4. The molecule has 154 valence electrons. The van der Waals surface area contributed by atoms with Gasteiger partial charge in [-0.25, -0.2) is 0 Å². The maximum absolute atomic E-state index is 13.7. The molecule has 1 atom stereocenters. The van der Waals surface area contributed by atoms with Gasteiger partial charge in [0.2, 0.25) is 11.8 Å². The van der Waals surface area contributed by atoms with Crippen molar-refractivity contribution in [3.8, 4) is 0 Å². The third-order valence-electron chi connectivity index (χ3n) is 7.87. The zero-order chi connectivity index (χ0) is 20.2. The highest BCUT2D eigenvalue weighted by molar-refractivity contribution is 5.99. The highest BCUT2D eigenvalue weighted by Crippen LogP contribution is 2.60. The number of nitrogens with zero attached hydrogens (tertiary/aromatic N) is 1. The molecule has 1 heterocycles. The molecule has 5 nitrogen and oxygen atoms in total. The second kappa shape index (κ2) is 6.96. The van der Waals surface area contributed by atoms with Crippen molar-refractivity contribution < 1.29 is 14.4 Å². The number of Topliss-reactive ketones (excluding diaryl/α,β-unsaturated/α-hetero) is 1. The summed E-state index contributed by atoms with van der Waals surface area (Å²) in [6.45, 7) is 2.22. The first-order valence-electron chi connectivity index (χ1n) is 11.2. The molecule has 5 aliphatic rings. The largest absolute Gasteiger partial charge is 0.330 e. The number of carbonyl (C=O) groups excluding carboxylic acids is 3. The summed E-state index contributed by atoms with van der Waals surface area (Å²) >= 11 is 0. The van der Waals surface area contributed by atoms with Crippen molar-refractivity contribution in [1.29, 1.82) is 0 Å². The summed E-state index contributed by atoms with van der Waals surface area (Å²) in [5.74, 6) is 2.32. The normalized spacial score (nSPS) is 35.0. The number of hydrogen-bond donors (Lipinski definition) is 1. The van der Waals surface area contributed by atoms with Gasteiger partial charge >= 0.3 is 0 Å². The molecule has 0 spiro atoms. The number of carbonyl (C=O) groups is 3. The van der Waals surface area contributed by atoms with Crippen LogP contribution >= 0.6 is 0 Å². The molecule has 4 saturated carbocycles. The van der Waals surface area contributed by atoms with Crippen LogP contribution in [0.2, 0.25) is 0 Å². The Morgan fingerprint density at radius 3 is 2.10 bits per heavy atom. The Hall–Kier alpha value is -2.17. The first-order chi connectivity index (χ1) is 13.9. The Labute approximate surface area is 172 Å². The highest BCUT2D eigenvalue weighted by atomic mass is 16.2. The fourth-order valence-corrected chi connectivity index (χ4v) is 6.97. The second-order valence-electron chi connectivity index (χ2n) is 9.98. The molecule has 1 aromatic carbocycles. The first-order valence-corrected chi connectivity index (χ1v) is 11.2. The number of anilines is 1. The van der Waals surface area contributed by atoms with Crippen molar-refractivity contribution in [3.63, 3.8) is 0 Å². The van der Waals surface area contributed by atoms with E-state index < -0.39 is 0 Å². The smallest absolute Gasteiger partial charge is 0.247 e. The van der Waals surface area contributed by atoms with E-state index in [1.54, 1.807) is 24.3 Å². The van der Waals surface area contributed by atoms with Crippen molar-refractivity contribution in [2.75, 3.05) is 11.9 Å². The van der Waals surface area contributed by atoms with E-state index in [1.165, 1.54) is 26.2 Å². The van der Waals surface area contributed by atoms with Crippen LogP contribution in [0.25, 0.3) is 0 Å². The van der Waals surface area contributed by atoms with Crippen molar-refractivity contribution >= 4 is 23.3 Å². The highest BCUT2D eigenvalue weighted by Gasteiger charge is 2.56. The molecule has 0 aromatic heterocycles. The van der Waals surface area contributed by atoms with E-state index in [2.05, 4.69) is 5.32 Å². The molecule has 5 fully saturated rings. The molecule has 4 aliphatic carbocycles. The summed E-state index contributed by atoms with van der Waals surface area (Å²) in [4.78, 5) is 40.0. The summed E-state index contributed by atoms with van der Waals surface area (Å²) in [6, 6.07) is 6.60. The van der Waals surface area contributed by atoms with Crippen LogP contribution in [0, 0.1) is 23.2 Å². The molecule has 0 unspecified atom stereocenters. The number of ketones is 1. The molecule has 5 heteroatoms. The van der Waals surface area contributed by atoms with Gasteiger partial charge < -0.3 is 10.2 Å². The summed E-state index contributed by atoms with van der Waals surface area (Å²) in [6.07, 6.45) is 8.67. The average Bonchev–Trinajstić information content (AvgIpc) is 3.16. The predicted molar refractivity (Wildman–Crippen MR) is 110 cm³/mol. The van der Waals surface area contributed by atoms with E-state index in [0.717, 1.165) is 49.9 Å². The van der Waals surface area contributed by atoms with E-state index in [1.807, 2.05) is 4.90 Å². The quantitative estimate of drug-likeness (QED) is 0.784. The van der Waals surface area contributed by atoms with Crippen LogP contribution in [-0.4, -0.2) is 35.1 Å². The van der Waals surface area contributed by atoms with Crippen LogP contribution in [0.4, 0.5) is 5.69 Å². The van der Waals surface area contributed by atoms with Crippen molar-refractivity contribution in [2.45, 2.75) is 64.3 Å². The summed E-state index contributed by atoms with van der Waals surface area (Å²) in [7, 11) is 0. The number of benzene rings is 1. The Morgan fingerprint density at radius 2 is 1.55 bits per heavy atom. The van der Waals surface area contributed by atoms with Crippen LogP contribution in [-0.2, 0) is 9.59 Å². The fourth-order valence-electron chi connectivity index (χ4n) is 6.97. The molecule has 4 bridgehead atoms. The number of likely N-dealkylation sites (tertiary alicyclic amines) is 1.